The molecule has 1 saturated carbocycles. The van der Waals surface area contributed by atoms with Crippen molar-refractivity contribution in [3.8, 4) is 0 Å². The Morgan fingerprint density at radius 1 is 1.20 bits per heavy atom. The van der Waals surface area contributed by atoms with Gasteiger partial charge in [0.05, 0.1) is 0 Å². The average Bonchev–Trinajstić information content (AvgIpc) is 2.22. The Kier molecular flexibility index (Phi) is 6.53. The first kappa shape index (κ1) is 13.2. The van der Waals surface area contributed by atoms with Crippen LogP contribution in [0.4, 0.5) is 0 Å². The maximum Gasteiger partial charge on any atom is 0.0277 e. The lowest BCUT2D eigenvalue weighted by molar-refractivity contribution is 0.358. The van der Waals surface area contributed by atoms with Gasteiger partial charge in [-0.3, -0.25) is 4.99 Å². The first-order valence-corrected chi connectivity index (χ1v) is 7.25. The van der Waals surface area contributed by atoms with Crippen LogP contribution in [0.5, 0.6) is 0 Å². The summed E-state index contributed by atoms with van der Waals surface area (Å²) in [6.45, 7) is 2.39. The lowest BCUT2D eigenvalue weighted by Gasteiger charge is -2.23. The molecule has 1 fully saturated rings. The number of rotatable bonds is 2. The third-order valence-electron chi connectivity index (χ3n) is 3.38. The molecule has 0 saturated heterocycles. The fourth-order valence-corrected chi connectivity index (χ4v) is 3.03. The third kappa shape index (κ3) is 4.66. The van der Waals surface area contributed by atoms with Gasteiger partial charge in [0, 0.05) is 13.3 Å². The van der Waals surface area contributed by atoms with Crippen LogP contribution in [0.3, 0.4) is 0 Å². The molecule has 2 atom stereocenters. The molecule has 0 bridgehead atoms. The quantitative estimate of drug-likeness (QED) is 0.520. The van der Waals surface area contributed by atoms with Crippen molar-refractivity contribution in [3.05, 3.63) is 9.66 Å². The number of hydrogen-bond acceptors (Lipinski definition) is 1. The standard InChI is InChI=1S/C13H22IN/c1-11-5-3-4-6-12(8-7-11)13(9-14)10-15-2/h9-12H,3-8H2,1-2H3/b13-9+,15-10?. The molecule has 0 radical (unpaired) electrons. The molecular formula is C13H22IN. The first-order valence-electron chi connectivity index (χ1n) is 6.00. The zero-order valence-corrected chi connectivity index (χ0v) is 12.0. The molecule has 2 unspecified atom stereocenters. The van der Waals surface area contributed by atoms with Gasteiger partial charge >= 0.3 is 0 Å². The van der Waals surface area contributed by atoms with Gasteiger partial charge in [0.2, 0.25) is 0 Å². The number of aliphatic imine (C=N–C) groups is 1. The Morgan fingerprint density at radius 2 is 1.93 bits per heavy atom. The Labute approximate surface area is 108 Å². The Hall–Kier alpha value is 0.140. The van der Waals surface area contributed by atoms with Gasteiger partial charge in [-0.1, -0.05) is 55.2 Å². The van der Waals surface area contributed by atoms with Crippen LogP contribution in [0, 0.1) is 11.8 Å². The largest absolute Gasteiger partial charge is 0.296 e. The van der Waals surface area contributed by atoms with Gasteiger partial charge < -0.3 is 0 Å². The summed E-state index contributed by atoms with van der Waals surface area (Å²) in [5.74, 6) is 1.68. The van der Waals surface area contributed by atoms with Crippen molar-refractivity contribution in [2.75, 3.05) is 7.05 Å². The highest BCUT2D eigenvalue weighted by molar-refractivity contribution is 14.1. The SMILES string of the molecule is CN=C/C(=C\I)C1CCCCC(C)CC1. The van der Waals surface area contributed by atoms with E-state index in [0.29, 0.717) is 0 Å². The van der Waals surface area contributed by atoms with Gasteiger partial charge in [-0.2, -0.15) is 0 Å². The van der Waals surface area contributed by atoms with Gasteiger partial charge in [0.1, 0.15) is 0 Å². The fraction of sp³-hybridized carbons (Fsp3) is 0.769. The molecule has 1 nitrogen and oxygen atoms in total. The number of nitrogens with zero attached hydrogens (tertiary/aromatic N) is 1. The van der Waals surface area contributed by atoms with E-state index in [0.717, 1.165) is 11.8 Å². The molecule has 1 aliphatic rings. The minimum Gasteiger partial charge on any atom is -0.296 e. The normalized spacial score (nSPS) is 30.2. The van der Waals surface area contributed by atoms with E-state index in [1.165, 1.54) is 44.1 Å². The minimum atomic E-state index is 0.758. The van der Waals surface area contributed by atoms with Crippen molar-refractivity contribution >= 4 is 28.8 Å². The number of halogens is 1. The van der Waals surface area contributed by atoms with Crippen molar-refractivity contribution in [3.63, 3.8) is 0 Å². The second-order valence-electron chi connectivity index (χ2n) is 4.66. The van der Waals surface area contributed by atoms with E-state index in [9.17, 15) is 0 Å². The molecule has 0 N–H and O–H groups in total. The summed E-state index contributed by atoms with van der Waals surface area (Å²) in [6, 6.07) is 0. The zero-order valence-electron chi connectivity index (χ0n) is 9.88. The summed E-state index contributed by atoms with van der Waals surface area (Å²) >= 11 is 2.35. The second-order valence-corrected chi connectivity index (χ2v) is 5.28. The Morgan fingerprint density at radius 3 is 2.60 bits per heavy atom. The molecule has 0 aliphatic heterocycles. The second kappa shape index (κ2) is 7.42. The van der Waals surface area contributed by atoms with Crippen LogP contribution < -0.4 is 0 Å². The molecule has 15 heavy (non-hydrogen) atoms. The summed E-state index contributed by atoms with van der Waals surface area (Å²) in [6.07, 6.45) is 10.4. The molecule has 0 aromatic heterocycles. The van der Waals surface area contributed by atoms with Crippen LogP contribution >= 0.6 is 22.6 Å². The van der Waals surface area contributed by atoms with Crippen molar-refractivity contribution in [2.24, 2.45) is 16.8 Å². The van der Waals surface area contributed by atoms with Gasteiger partial charge in [0.25, 0.3) is 0 Å². The summed E-state index contributed by atoms with van der Waals surface area (Å²) in [5.41, 5.74) is 1.44. The van der Waals surface area contributed by atoms with E-state index in [1.54, 1.807) is 0 Å². The highest BCUT2D eigenvalue weighted by atomic mass is 127. The summed E-state index contributed by atoms with van der Waals surface area (Å²) in [5, 5.41) is 0. The van der Waals surface area contributed by atoms with Crippen molar-refractivity contribution in [2.45, 2.75) is 45.4 Å². The highest BCUT2D eigenvalue weighted by Crippen LogP contribution is 2.30. The van der Waals surface area contributed by atoms with E-state index in [-0.39, 0.29) is 0 Å². The fourth-order valence-electron chi connectivity index (χ4n) is 2.36. The monoisotopic (exact) mass is 319 g/mol. The maximum atomic E-state index is 4.16. The number of hydrogen-bond donors (Lipinski definition) is 0. The maximum absolute atomic E-state index is 4.16. The predicted molar refractivity (Wildman–Crippen MR) is 76.9 cm³/mol. The topological polar surface area (TPSA) is 12.4 Å². The molecule has 1 rings (SSSR count). The van der Waals surface area contributed by atoms with Gasteiger partial charge in [-0.25, -0.2) is 0 Å². The lowest BCUT2D eigenvalue weighted by atomic mass is 9.83. The minimum absolute atomic E-state index is 0.758. The van der Waals surface area contributed by atoms with Crippen molar-refractivity contribution in [1.29, 1.82) is 0 Å². The summed E-state index contributed by atoms with van der Waals surface area (Å²) in [4.78, 5) is 4.16. The third-order valence-corrected chi connectivity index (χ3v) is 4.10. The van der Waals surface area contributed by atoms with E-state index < -0.39 is 0 Å². The molecule has 0 aromatic carbocycles. The van der Waals surface area contributed by atoms with Gasteiger partial charge in [-0.05, 0) is 34.3 Å². The van der Waals surface area contributed by atoms with Crippen LogP contribution in [0.25, 0.3) is 0 Å². The lowest BCUT2D eigenvalue weighted by Crippen LogP contribution is -2.11. The molecular weight excluding hydrogens is 297 g/mol. The van der Waals surface area contributed by atoms with Gasteiger partial charge in [0.15, 0.2) is 0 Å². The molecule has 86 valence electrons. The van der Waals surface area contributed by atoms with Crippen LogP contribution in [0.1, 0.15) is 45.4 Å². The predicted octanol–water partition coefficient (Wildman–Crippen LogP) is 4.61. The Bertz CT molecular complexity index is 233. The summed E-state index contributed by atoms with van der Waals surface area (Å²) < 4.78 is 2.21. The van der Waals surface area contributed by atoms with Crippen LogP contribution in [0.15, 0.2) is 14.6 Å². The Balaban J connectivity index is 2.58. The number of allylic oxidation sites excluding steroid dienone is 1. The molecule has 0 heterocycles. The molecule has 0 amide bonds. The van der Waals surface area contributed by atoms with Crippen molar-refractivity contribution < 1.29 is 0 Å². The van der Waals surface area contributed by atoms with Crippen molar-refractivity contribution in [1.82, 2.24) is 0 Å². The van der Waals surface area contributed by atoms with E-state index in [4.69, 9.17) is 0 Å². The molecule has 2 heteroatoms. The zero-order chi connectivity index (χ0) is 11.1. The smallest absolute Gasteiger partial charge is 0.0277 e. The summed E-state index contributed by atoms with van der Waals surface area (Å²) in [7, 11) is 1.87. The molecule has 1 aliphatic carbocycles. The van der Waals surface area contributed by atoms with Gasteiger partial charge in [-0.15, -0.1) is 0 Å². The van der Waals surface area contributed by atoms with Crippen LogP contribution in [0.2, 0.25) is 0 Å². The average molecular weight is 319 g/mol. The van der Waals surface area contributed by atoms with E-state index in [1.807, 2.05) is 13.3 Å². The van der Waals surface area contributed by atoms with E-state index >= 15 is 0 Å². The molecule has 0 aromatic rings. The first-order chi connectivity index (χ1) is 7.27. The molecule has 0 spiro atoms. The van der Waals surface area contributed by atoms with Crippen LogP contribution in [-0.4, -0.2) is 13.3 Å². The van der Waals surface area contributed by atoms with E-state index in [2.05, 4.69) is 38.6 Å². The van der Waals surface area contributed by atoms with Crippen LogP contribution in [-0.2, 0) is 0 Å². The highest BCUT2D eigenvalue weighted by Gasteiger charge is 2.16.